The van der Waals surface area contributed by atoms with Crippen LogP contribution in [-0.4, -0.2) is 101 Å². The zero-order valence-electron chi connectivity index (χ0n) is 23.5. The SMILES string of the molecule is COC1[C@@H](Sc2cc(Br)cnc2C(=O)N(CC(C)C)CC(C)C)OC(CO)[C@H](O)[C@@H]1n1cc(-n2ccc(Cl)n2)nn1. The van der Waals surface area contributed by atoms with E-state index in [9.17, 15) is 15.0 Å². The summed E-state index contributed by atoms with van der Waals surface area (Å²) < 4.78 is 15.6. The average Bonchev–Trinajstić information content (AvgIpc) is 3.57. The Morgan fingerprint density at radius 1 is 1.29 bits per heavy atom. The van der Waals surface area contributed by atoms with Gasteiger partial charge in [-0.1, -0.05) is 56.3 Å². The van der Waals surface area contributed by atoms with Gasteiger partial charge in [-0.3, -0.25) is 4.79 Å². The number of rotatable bonds is 11. The van der Waals surface area contributed by atoms with Crippen LogP contribution in [0.25, 0.3) is 5.82 Å². The van der Waals surface area contributed by atoms with Gasteiger partial charge in [0.2, 0.25) is 0 Å². The quantitative estimate of drug-likeness (QED) is 0.311. The number of aromatic nitrogens is 6. The predicted molar refractivity (Wildman–Crippen MR) is 157 cm³/mol. The number of nitrogens with zero attached hydrogens (tertiary/aromatic N) is 7. The topological polar surface area (TPSA) is 141 Å². The van der Waals surface area contributed by atoms with Gasteiger partial charge in [-0.05, 0) is 39.9 Å². The molecule has 1 amide bonds. The van der Waals surface area contributed by atoms with Gasteiger partial charge in [0.1, 0.15) is 35.5 Å². The molecule has 0 radical (unpaired) electrons. The number of methoxy groups -OCH3 is 1. The van der Waals surface area contributed by atoms with Crippen LogP contribution in [0.2, 0.25) is 5.15 Å². The Kier molecular flexibility index (Phi) is 10.8. The number of halogens is 2. The van der Waals surface area contributed by atoms with Crippen molar-refractivity contribution in [1.82, 2.24) is 34.7 Å². The number of pyridine rings is 1. The van der Waals surface area contributed by atoms with E-state index in [1.54, 1.807) is 24.7 Å². The summed E-state index contributed by atoms with van der Waals surface area (Å²) in [6.45, 7) is 9.03. The molecule has 5 atom stereocenters. The zero-order valence-corrected chi connectivity index (χ0v) is 26.6. The Bertz CT molecular complexity index is 1310. The van der Waals surface area contributed by atoms with Crippen LogP contribution >= 0.6 is 39.3 Å². The number of hydrogen-bond donors (Lipinski definition) is 2. The summed E-state index contributed by atoms with van der Waals surface area (Å²) >= 11 is 10.7. The molecule has 15 heteroatoms. The summed E-state index contributed by atoms with van der Waals surface area (Å²) in [5.74, 6) is 0.763. The molecule has 3 aromatic rings. The van der Waals surface area contributed by atoms with Crippen molar-refractivity contribution in [2.45, 2.75) is 62.4 Å². The highest BCUT2D eigenvalue weighted by molar-refractivity contribution is 9.10. The van der Waals surface area contributed by atoms with Crippen LogP contribution in [-0.2, 0) is 9.47 Å². The van der Waals surface area contributed by atoms with E-state index in [-0.39, 0.29) is 17.7 Å². The lowest BCUT2D eigenvalue weighted by Gasteiger charge is -2.43. The van der Waals surface area contributed by atoms with Crippen molar-refractivity contribution in [3.8, 4) is 5.82 Å². The summed E-state index contributed by atoms with van der Waals surface area (Å²) in [5, 5.41) is 34.1. The van der Waals surface area contributed by atoms with Crippen molar-refractivity contribution >= 4 is 45.2 Å². The Morgan fingerprint density at radius 3 is 2.59 bits per heavy atom. The minimum Gasteiger partial charge on any atom is -0.394 e. The first-order valence-corrected chi connectivity index (χ1v) is 15.3. The maximum atomic E-state index is 13.8. The minimum absolute atomic E-state index is 0.179. The minimum atomic E-state index is -1.17. The molecular formula is C26H35BrClN7O5S. The van der Waals surface area contributed by atoms with Crippen LogP contribution in [0.1, 0.15) is 44.2 Å². The molecule has 3 aromatic heterocycles. The second-order valence-corrected chi connectivity index (χ2v) is 13.1. The summed E-state index contributed by atoms with van der Waals surface area (Å²) in [4.78, 5) is 20.7. The number of ether oxygens (including phenoxy) is 2. The highest BCUT2D eigenvalue weighted by Gasteiger charge is 2.48. The van der Waals surface area contributed by atoms with Crippen molar-refractivity contribution in [3.63, 3.8) is 0 Å². The molecule has 41 heavy (non-hydrogen) atoms. The molecule has 4 rings (SSSR count). The number of carbonyl (C=O) groups excluding carboxylic acids is 1. The van der Waals surface area contributed by atoms with Crippen LogP contribution in [0.5, 0.6) is 0 Å². The number of carbonyl (C=O) groups is 1. The fourth-order valence-electron chi connectivity index (χ4n) is 4.72. The number of thioether (sulfide) groups is 1. The molecule has 1 aliphatic heterocycles. The van der Waals surface area contributed by atoms with Crippen LogP contribution in [0, 0.1) is 11.8 Å². The molecule has 0 bridgehead atoms. The first kappa shape index (κ1) is 31.9. The van der Waals surface area contributed by atoms with Gasteiger partial charge in [0, 0.05) is 42.0 Å². The van der Waals surface area contributed by atoms with Crippen molar-refractivity contribution in [2.24, 2.45) is 11.8 Å². The smallest absolute Gasteiger partial charge is 0.273 e. The molecule has 0 aromatic carbocycles. The van der Waals surface area contributed by atoms with Gasteiger partial charge < -0.3 is 24.6 Å². The summed E-state index contributed by atoms with van der Waals surface area (Å²) in [7, 11) is 1.50. The van der Waals surface area contributed by atoms with Gasteiger partial charge in [-0.15, -0.1) is 5.10 Å². The van der Waals surface area contributed by atoms with E-state index in [0.29, 0.717) is 39.1 Å². The van der Waals surface area contributed by atoms with Gasteiger partial charge in [-0.2, -0.15) is 5.10 Å². The maximum Gasteiger partial charge on any atom is 0.273 e. The lowest BCUT2D eigenvalue weighted by atomic mass is 9.97. The van der Waals surface area contributed by atoms with Crippen LogP contribution in [0.3, 0.4) is 0 Å². The molecule has 12 nitrogen and oxygen atoms in total. The largest absolute Gasteiger partial charge is 0.394 e. The molecule has 224 valence electrons. The average molecular weight is 673 g/mol. The van der Waals surface area contributed by atoms with Gasteiger partial charge in [0.05, 0.1) is 12.8 Å². The van der Waals surface area contributed by atoms with E-state index in [0.717, 1.165) is 0 Å². The number of hydrogen-bond acceptors (Lipinski definition) is 10. The highest BCUT2D eigenvalue weighted by atomic mass is 79.9. The number of amides is 1. The van der Waals surface area contributed by atoms with Crippen LogP contribution in [0.4, 0.5) is 0 Å². The van der Waals surface area contributed by atoms with E-state index >= 15 is 0 Å². The van der Waals surface area contributed by atoms with Gasteiger partial charge in [-0.25, -0.2) is 14.3 Å². The fourth-order valence-corrected chi connectivity index (χ4v) is 6.65. The third-order valence-electron chi connectivity index (χ3n) is 6.41. The molecule has 1 aliphatic rings. The standard InChI is InChI=1S/C26H35BrClN7O5S/c1-14(2)10-33(11-15(3)4)25(38)21-18(8-16(27)9-29-21)41-26-24(39-5)22(23(37)17(13-36)40-26)35-12-20(30-32-35)34-7-6-19(28)31-34/h6-9,12,14-15,17,22-24,26,36-37H,10-11,13H2,1-5H3/t17?,22-,23-,24?,26+/m0/s1. The van der Waals surface area contributed by atoms with E-state index in [2.05, 4.69) is 64.0 Å². The molecule has 0 saturated carbocycles. The van der Waals surface area contributed by atoms with Crippen molar-refractivity contribution in [3.05, 3.63) is 46.0 Å². The normalized spacial score (nSPS) is 23.0. The monoisotopic (exact) mass is 671 g/mol. The van der Waals surface area contributed by atoms with E-state index in [1.807, 2.05) is 11.0 Å². The number of aliphatic hydroxyl groups excluding tert-OH is 2. The Hall–Kier alpha value is -2.07. The van der Waals surface area contributed by atoms with Crippen molar-refractivity contribution < 1.29 is 24.5 Å². The van der Waals surface area contributed by atoms with Crippen molar-refractivity contribution in [2.75, 3.05) is 26.8 Å². The molecule has 4 heterocycles. The Balaban J connectivity index is 1.67. The second kappa shape index (κ2) is 13.9. The maximum absolute atomic E-state index is 13.8. The van der Waals surface area contributed by atoms with E-state index in [4.69, 9.17) is 21.1 Å². The Labute approximate surface area is 256 Å². The van der Waals surface area contributed by atoms with Gasteiger partial charge in [0.25, 0.3) is 5.91 Å². The summed E-state index contributed by atoms with van der Waals surface area (Å²) in [6, 6.07) is 2.64. The first-order chi connectivity index (χ1) is 19.5. The Morgan fingerprint density at radius 2 is 2.00 bits per heavy atom. The molecule has 1 fully saturated rings. The van der Waals surface area contributed by atoms with E-state index < -0.39 is 36.4 Å². The van der Waals surface area contributed by atoms with Gasteiger partial charge in [0.15, 0.2) is 11.0 Å². The second-order valence-electron chi connectivity index (χ2n) is 10.7. The third kappa shape index (κ3) is 7.48. The molecule has 2 N–H and O–H groups in total. The summed E-state index contributed by atoms with van der Waals surface area (Å²) in [6.07, 6.45) is 1.96. The predicted octanol–water partition coefficient (Wildman–Crippen LogP) is 3.46. The summed E-state index contributed by atoms with van der Waals surface area (Å²) in [5.41, 5.74) is -0.455. The van der Waals surface area contributed by atoms with Gasteiger partial charge >= 0.3 is 0 Å². The van der Waals surface area contributed by atoms with E-state index in [1.165, 1.54) is 28.2 Å². The highest BCUT2D eigenvalue weighted by Crippen LogP contribution is 2.41. The fraction of sp³-hybridized carbons (Fsp3) is 0.577. The first-order valence-electron chi connectivity index (χ1n) is 13.2. The number of aliphatic hydroxyl groups is 2. The van der Waals surface area contributed by atoms with Crippen LogP contribution in [0.15, 0.2) is 40.1 Å². The lowest BCUT2D eigenvalue weighted by Crippen LogP contribution is -2.55. The van der Waals surface area contributed by atoms with Crippen LogP contribution < -0.4 is 0 Å². The molecule has 0 spiro atoms. The molecular weight excluding hydrogens is 638 g/mol. The molecule has 0 aliphatic carbocycles. The molecule has 2 unspecified atom stereocenters. The molecule has 1 saturated heterocycles. The third-order valence-corrected chi connectivity index (χ3v) is 8.23. The zero-order chi connectivity index (χ0) is 29.8. The van der Waals surface area contributed by atoms with Crippen molar-refractivity contribution in [1.29, 1.82) is 0 Å². The lowest BCUT2D eigenvalue weighted by molar-refractivity contribution is -0.186.